The van der Waals surface area contributed by atoms with Gasteiger partial charge in [0, 0.05) is 41.4 Å². The Hall–Kier alpha value is 0.0800. The van der Waals surface area contributed by atoms with Crippen molar-refractivity contribution in [3.05, 3.63) is 0 Å². The molecule has 7 heteroatoms. The smallest absolute Gasteiger partial charge is 0.191 e. The van der Waals surface area contributed by atoms with Crippen LogP contribution in [0.3, 0.4) is 0 Å². The fourth-order valence-electron chi connectivity index (χ4n) is 2.41. The van der Waals surface area contributed by atoms with Crippen molar-refractivity contribution in [2.75, 3.05) is 26.0 Å². The maximum Gasteiger partial charge on any atom is 0.191 e. The van der Waals surface area contributed by atoms with E-state index in [0.717, 1.165) is 37.4 Å². The van der Waals surface area contributed by atoms with E-state index < -0.39 is 10.8 Å². The van der Waals surface area contributed by atoms with Gasteiger partial charge in [0.15, 0.2) is 5.96 Å². The highest BCUT2D eigenvalue weighted by atomic mass is 127. The zero-order chi connectivity index (χ0) is 14.1. The van der Waals surface area contributed by atoms with Crippen LogP contribution in [0.25, 0.3) is 0 Å². The van der Waals surface area contributed by atoms with E-state index in [-0.39, 0.29) is 30.7 Å². The van der Waals surface area contributed by atoms with Crippen molar-refractivity contribution in [2.24, 2.45) is 4.99 Å². The molecule has 1 aliphatic carbocycles. The molecule has 120 valence electrons. The molecule has 1 fully saturated rings. The molecule has 0 heterocycles. The third kappa shape index (κ3) is 7.19. The summed E-state index contributed by atoms with van der Waals surface area (Å²) in [5.41, 5.74) is 0. The fraction of sp³-hybridized carbons (Fsp3) is 0.923. The zero-order valence-corrected chi connectivity index (χ0v) is 15.5. The van der Waals surface area contributed by atoms with Crippen LogP contribution in [0, 0.1) is 0 Å². The van der Waals surface area contributed by atoms with Crippen molar-refractivity contribution < 1.29 is 8.60 Å². The maximum absolute atomic E-state index is 12.1. The van der Waals surface area contributed by atoms with Gasteiger partial charge in [0.25, 0.3) is 0 Å². The van der Waals surface area contributed by atoms with Gasteiger partial charge in [-0.3, -0.25) is 13.6 Å². The molecule has 1 rings (SSSR count). The Labute approximate surface area is 141 Å². The minimum atomic E-state index is -0.708. The molecule has 0 radical (unpaired) electrons. The minimum Gasteiger partial charge on any atom is -0.356 e. The summed E-state index contributed by atoms with van der Waals surface area (Å²) in [4.78, 5) is 4.14. The molecule has 0 saturated heterocycles. The number of nitrogens with zero attached hydrogens (tertiary/aromatic N) is 1. The summed E-state index contributed by atoms with van der Waals surface area (Å²) in [7, 11) is 1.01. The second kappa shape index (κ2) is 11.7. The Morgan fingerprint density at radius 3 is 2.80 bits per heavy atom. The van der Waals surface area contributed by atoms with Crippen LogP contribution in [0.15, 0.2) is 4.99 Å². The first-order valence-electron chi connectivity index (χ1n) is 7.11. The lowest BCUT2D eigenvalue weighted by atomic mass is 9.95. The summed E-state index contributed by atoms with van der Waals surface area (Å²) < 4.78 is 23.9. The SMILES string of the molecule is CCS(=O)C1CCCC(NC(=NC)NCCCF)C1.I. The highest BCUT2D eigenvalue weighted by Crippen LogP contribution is 2.22. The first-order chi connectivity index (χ1) is 9.21. The van der Waals surface area contributed by atoms with Crippen molar-refractivity contribution in [1.82, 2.24) is 10.6 Å². The molecular formula is C13H27FIN3OS. The van der Waals surface area contributed by atoms with Crippen molar-refractivity contribution in [2.45, 2.75) is 50.3 Å². The third-order valence-corrected chi connectivity index (χ3v) is 5.19. The Morgan fingerprint density at radius 2 is 2.20 bits per heavy atom. The van der Waals surface area contributed by atoms with Crippen molar-refractivity contribution in [3.63, 3.8) is 0 Å². The van der Waals surface area contributed by atoms with Crippen LogP contribution in [0.1, 0.15) is 39.0 Å². The second-order valence-corrected chi connectivity index (χ2v) is 6.85. The van der Waals surface area contributed by atoms with Gasteiger partial charge < -0.3 is 10.6 Å². The topological polar surface area (TPSA) is 53.5 Å². The first-order valence-corrected chi connectivity index (χ1v) is 8.49. The van der Waals surface area contributed by atoms with Crippen LogP contribution in [0.4, 0.5) is 4.39 Å². The number of hydrogen-bond acceptors (Lipinski definition) is 2. The standard InChI is InChI=1S/C13H26FN3OS.HI/c1-3-19(18)12-7-4-6-11(10-12)17-13(15-2)16-9-5-8-14;/h11-12H,3-10H2,1-2H3,(H2,15,16,17);1H. The van der Waals surface area contributed by atoms with E-state index in [1.54, 1.807) is 7.05 Å². The van der Waals surface area contributed by atoms with Gasteiger partial charge >= 0.3 is 0 Å². The second-order valence-electron chi connectivity index (χ2n) is 4.84. The number of nitrogens with one attached hydrogen (secondary N) is 2. The molecule has 0 aromatic rings. The minimum absolute atomic E-state index is 0. The predicted molar refractivity (Wildman–Crippen MR) is 95.2 cm³/mol. The van der Waals surface area contributed by atoms with Crippen LogP contribution >= 0.6 is 24.0 Å². The van der Waals surface area contributed by atoms with E-state index in [0.29, 0.717) is 24.3 Å². The average Bonchev–Trinajstić information content (AvgIpc) is 2.45. The average molecular weight is 419 g/mol. The molecule has 1 saturated carbocycles. The van der Waals surface area contributed by atoms with Gasteiger partial charge in [-0.15, -0.1) is 24.0 Å². The Balaban J connectivity index is 0.00000361. The number of guanidine groups is 1. The first kappa shape index (κ1) is 20.1. The van der Waals surface area contributed by atoms with Crippen molar-refractivity contribution in [3.8, 4) is 0 Å². The quantitative estimate of drug-likeness (QED) is 0.301. The summed E-state index contributed by atoms with van der Waals surface area (Å²) >= 11 is 0. The molecule has 4 nitrogen and oxygen atoms in total. The number of alkyl halides is 1. The predicted octanol–water partition coefficient (Wildman–Crippen LogP) is 2.21. The largest absolute Gasteiger partial charge is 0.356 e. The van der Waals surface area contributed by atoms with Gasteiger partial charge in [-0.25, -0.2) is 0 Å². The summed E-state index contributed by atoms with van der Waals surface area (Å²) in [5, 5.41) is 6.76. The van der Waals surface area contributed by atoms with Crippen molar-refractivity contribution >= 4 is 40.7 Å². The van der Waals surface area contributed by atoms with Gasteiger partial charge in [-0.1, -0.05) is 13.3 Å². The molecule has 0 amide bonds. The Kier molecular flexibility index (Phi) is 11.8. The van der Waals surface area contributed by atoms with Crippen LogP contribution in [0.2, 0.25) is 0 Å². The number of halogens is 2. The van der Waals surface area contributed by atoms with E-state index in [4.69, 9.17) is 0 Å². The van der Waals surface area contributed by atoms with Crippen LogP contribution in [0.5, 0.6) is 0 Å². The fourth-order valence-corrected chi connectivity index (χ4v) is 3.76. The van der Waals surface area contributed by atoms with Crippen molar-refractivity contribution in [1.29, 1.82) is 0 Å². The van der Waals surface area contributed by atoms with Gasteiger partial charge in [0.05, 0.1) is 6.67 Å². The van der Waals surface area contributed by atoms with Gasteiger partial charge in [-0.2, -0.15) is 0 Å². The van der Waals surface area contributed by atoms with Gasteiger partial charge in [0.2, 0.25) is 0 Å². The molecule has 3 unspecified atom stereocenters. The van der Waals surface area contributed by atoms with Gasteiger partial charge in [0.1, 0.15) is 0 Å². The lowest BCUT2D eigenvalue weighted by Crippen LogP contribution is -2.46. The summed E-state index contributed by atoms with van der Waals surface area (Å²) in [5.74, 6) is 1.46. The normalized spacial score (nSPS) is 24.6. The molecule has 0 bridgehead atoms. The third-order valence-electron chi connectivity index (χ3n) is 3.45. The van der Waals surface area contributed by atoms with Crippen LogP contribution < -0.4 is 10.6 Å². The van der Waals surface area contributed by atoms with Crippen LogP contribution in [-0.2, 0) is 10.8 Å². The molecule has 2 N–H and O–H groups in total. The highest BCUT2D eigenvalue weighted by Gasteiger charge is 2.25. The molecule has 0 aromatic carbocycles. The molecule has 20 heavy (non-hydrogen) atoms. The number of hydrogen-bond donors (Lipinski definition) is 2. The lowest BCUT2D eigenvalue weighted by molar-refractivity contribution is 0.412. The number of rotatable bonds is 6. The highest BCUT2D eigenvalue weighted by molar-refractivity contribution is 14.0. The Bertz CT molecular complexity index is 318. The molecule has 1 aliphatic rings. The van der Waals surface area contributed by atoms with E-state index >= 15 is 0 Å². The Morgan fingerprint density at radius 1 is 1.45 bits per heavy atom. The van der Waals surface area contributed by atoms with Gasteiger partial charge in [-0.05, 0) is 25.7 Å². The molecule has 0 spiro atoms. The summed E-state index contributed by atoms with van der Waals surface area (Å²) in [6, 6.07) is 0.325. The van der Waals surface area contributed by atoms with E-state index in [2.05, 4.69) is 15.6 Å². The van der Waals surface area contributed by atoms with E-state index in [1.165, 1.54) is 0 Å². The molecule has 0 aromatic heterocycles. The summed E-state index contributed by atoms with van der Waals surface area (Å²) in [6.07, 6.45) is 4.68. The molecule has 0 aliphatic heterocycles. The van der Waals surface area contributed by atoms with E-state index in [1.807, 2.05) is 6.92 Å². The monoisotopic (exact) mass is 419 g/mol. The van der Waals surface area contributed by atoms with Crippen LogP contribution in [-0.4, -0.2) is 47.5 Å². The number of aliphatic imine (C=N–C) groups is 1. The zero-order valence-electron chi connectivity index (χ0n) is 12.4. The molecule has 3 atom stereocenters. The lowest BCUT2D eigenvalue weighted by Gasteiger charge is -2.30. The molecular weight excluding hydrogens is 392 g/mol. The van der Waals surface area contributed by atoms with E-state index in [9.17, 15) is 8.60 Å². The maximum atomic E-state index is 12.1. The summed E-state index contributed by atoms with van der Waals surface area (Å²) in [6.45, 7) is 2.25.